The molecule has 3 aromatic rings. The van der Waals surface area contributed by atoms with Crippen LogP contribution in [0.25, 0.3) is 11.4 Å². The molecular weight excluding hydrogens is 444 g/mol. The topological polar surface area (TPSA) is 71.3 Å². The molecule has 1 fully saturated rings. The van der Waals surface area contributed by atoms with Crippen LogP contribution < -0.4 is 5.32 Å². The van der Waals surface area contributed by atoms with Crippen LogP contribution in [0.1, 0.15) is 29.9 Å². The highest BCUT2D eigenvalue weighted by Crippen LogP contribution is 2.22. The molecule has 156 valence electrons. The number of nitrogens with zero attached hydrogens (tertiary/aromatic N) is 3. The Labute approximate surface area is 184 Å². The number of rotatable bonds is 6. The molecule has 1 aromatic heterocycles. The van der Waals surface area contributed by atoms with E-state index >= 15 is 0 Å². The molecule has 2 heterocycles. The highest BCUT2D eigenvalue weighted by Gasteiger charge is 2.26. The molecule has 0 atom stereocenters. The van der Waals surface area contributed by atoms with E-state index in [1.807, 2.05) is 36.4 Å². The van der Waals surface area contributed by atoms with Gasteiger partial charge in [0.25, 0.3) is 0 Å². The van der Waals surface area contributed by atoms with Crippen molar-refractivity contribution in [2.24, 2.45) is 5.92 Å². The van der Waals surface area contributed by atoms with Gasteiger partial charge in [0, 0.05) is 22.5 Å². The van der Waals surface area contributed by atoms with Crippen molar-refractivity contribution < 1.29 is 9.32 Å². The van der Waals surface area contributed by atoms with E-state index in [0.29, 0.717) is 24.8 Å². The Morgan fingerprint density at radius 3 is 2.77 bits per heavy atom. The molecule has 0 radical (unpaired) electrons. The van der Waals surface area contributed by atoms with Crippen molar-refractivity contribution >= 4 is 21.8 Å². The molecule has 1 aliphatic heterocycles. The number of amides is 1. The van der Waals surface area contributed by atoms with E-state index < -0.39 is 0 Å². The predicted octanol–water partition coefficient (Wildman–Crippen LogP) is 4.34. The summed E-state index contributed by atoms with van der Waals surface area (Å²) in [5, 5.41) is 7.20. The summed E-state index contributed by atoms with van der Waals surface area (Å²) in [6, 6.07) is 16.0. The summed E-state index contributed by atoms with van der Waals surface area (Å²) >= 11 is 3.46. The first kappa shape index (κ1) is 20.8. The van der Waals surface area contributed by atoms with Crippen LogP contribution in [0.15, 0.2) is 57.5 Å². The van der Waals surface area contributed by atoms with Gasteiger partial charge >= 0.3 is 0 Å². The number of hydrogen-bond acceptors (Lipinski definition) is 5. The first-order valence-corrected chi connectivity index (χ1v) is 11.0. The monoisotopic (exact) mass is 468 g/mol. The van der Waals surface area contributed by atoms with Gasteiger partial charge in [0.15, 0.2) is 0 Å². The van der Waals surface area contributed by atoms with Gasteiger partial charge in [-0.25, -0.2) is 0 Å². The van der Waals surface area contributed by atoms with Crippen LogP contribution in [-0.2, 0) is 17.9 Å². The van der Waals surface area contributed by atoms with Crippen LogP contribution in [0.5, 0.6) is 0 Å². The normalized spacial score (nSPS) is 15.3. The minimum atomic E-state index is 0.0604. The SMILES string of the molecule is Cc1ccccc1CNC(=O)C1CCN(Cc2nc(-c3cccc(Br)c3)no2)CC1. The first-order chi connectivity index (χ1) is 14.6. The molecule has 1 aliphatic rings. The highest BCUT2D eigenvalue weighted by molar-refractivity contribution is 9.10. The number of hydrogen-bond donors (Lipinski definition) is 1. The first-order valence-electron chi connectivity index (χ1n) is 10.2. The molecule has 7 heteroatoms. The van der Waals surface area contributed by atoms with Crippen LogP contribution in [-0.4, -0.2) is 34.0 Å². The zero-order chi connectivity index (χ0) is 20.9. The van der Waals surface area contributed by atoms with E-state index in [9.17, 15) is 4.79 Å². The van der Waals surface area contributed by atoms with Gasteiger partial charge in [-0.1, -0.05) is 57.5 Å². The zero-order valence-electron chi connectivity index (χ0n) is 17.0. The lowest BCUT2D eigenvalue weighted by molar-refractivity contribution is -0.126. The van der Waals surface area contributed by atoms with Gasteiger partial charge in [0.1, 0.15) is 0 Å². The summed E-state index contributed by atoms with van der Waals surface area (Å²) in [6.07, 6.45) is 1.68. The van der Waals surface area contributed by atoms with E-state index in [4.69, 9.17) is 4.52 Å². The summed E-state index contributed by atoms with van der Waals surface area (Å²) in [5.74, 6) is 1.40. The van der Waals surface area contributed by atoms with Gasteiger partial charge in [-0.05, 0) is 56.1 Å². The third-order valence-electron chi connectivity index (χ3n) is 5.58. The van der Waals surface area contributed by atoms with Gasteiger partial charge in [-0.3, -0.25) is 9.69 Å². The molecular formula is C23H25BrN4O2. The maximum Gasteiger partial charge on any atom is 0.241 e. The number of benzene rings is 2. The number of carbonyl (C=O) groups is 1. The molecule has 2 aromatic carbocycles. The number of piperidine rings is 1. The van der Waals surface area contributed by atoms with Gasteiger partial charge in [-0.15, -0.1) is 0 Å². The van der Waals surface area contributed by atoms with Gasteiger partial charge < -0.3 is 9.84 Å². The Balaban J connectivity index is 1.26. The van der Waals surface area contributed by atoms with Gasteiger partial charge in [0.05, 0.1) is 6.54 Å². The maximum atomic E-state index is 12.6. The van der Waals surface area contributed by atoms with E-state index in [1.165, 1.54) is 11.1 Å². The van der Waals surface area contributed by atoms with Crippen molar-refractivity contribution in [2.45, 2.75) is 32.9 Å². The average Bonchev–Trinajstić information content (AvgIpc) is 3.22. The Morgan fingerprint density at radius 2 is 2.00 bits per heavy atom. The molecule has 0 spiro atoms. The van der Waals surface area contributed by atoms with Crippen molar-refractivity contribution in [1.29, 1.82) is 0 Å². The summed E-state index contributed by atoms with van der Waals surface area (Å²) in [6.45, 7) is 4.96. The summed E-state index contributed by atoms with van der Waals surface area (Å²) in [7, 11) is 0. The minimum absolute atomic E-state index is 0.0604. The van der Waals surface area contributed by atoms with Crippen molar-refractivity contribution in [2.75, 3.05) is 13.1 Å². The lowest BCUT2D eigenvalue weighted by Gasteiger charge is -2.30. The van der Waals surface area contributed by atoms with Crippen molar-refractivity contribution in [1.82, 2.24) is 20.4 Å². The van der Waals surface area contributed by atoms with Crippen LogP contribution in [0.2, 0.25) is 0 Å². The number of aromatic nitrogens is 2. The number of halogens is 1. The van der Waals surface area contributed by atoms with E-state index in [0.717, 1.165) is 36.0 Å². The van der Waals surface area contributed by atoms with Gasteiger partial charge in [-0.2, -0.15) is 4.98 Å². The lowest BCUT2D eigenvalue weighted by atomic mass is 9.95. The fourth-order valence-corrected chi connectivity index (χ4v) is 4.14. The third kappa shape index (κ3) is 5.15. The summed E-state index contributed by atoms with van der Waals surface area (Å²) in [5.41, 5.74) is 3.29. The standard InChI is InChI=1S/C23H25BrN4O2/c1-16-5-2-3-6-19(16)14-25-23(29)17-9-11-28(12-10-17)15-21-26-22(27-30-21)18-7-4-8-20(24)13-18/h2-8,13,17H,9-12,14-15H2,1H3,(H,25,29). The second-order valence-electron chi connectivity index (χ2n) is 7.72. The fraction of sp³-hybridized carbons (Fsp3) is 0.348. The second-order valence-corrected chi connectivity index (χ2v) is 8.63. The molecule has 4 rings (SSSR count). The molecule has 1 N–H and O–H groups in total. The van der Waals surface area contributed by atoms with Crippen LogP contribution in [0.3, 0.4) is 0 Å². The Hall–Kier alpha value is -2.51. The summed E-state index contributed by atoms with van der Waals surface area (Å²) in [4.78, 5) is 19.3. The molecule has 0 unspecified atom stereocenters. The molecule has 0 saturated carbocycles. The molecule has 6 nitrogen and oxygen atoms in total. The fourth-order valence-electron chi connectivity index (χ4n) is 3.74. The Bertz CT molecular complexity index is 1010. The third-order valence-corrected chi connectivity index (χ3v) is 6.08. The van der Waals surface area contributed by atoms with Crippen LogP contribution >= 0.6 is 15.9 Å². The predicted molar refractivity (Wildman–Crippen MR) is 118 cm³/mol. The minimum Gasteiger partial charge on any atom is -0.352 e. The highest BCUT2D eigenvalue weighted by atomic mass is 79.9. The largest absolute Gasteiger partial charge is 0.352 e. The van der Waals surface area contributed by atoms with Gasteiger partial charge in [0.2, 0.25) is 17.6 Å². The number of carbonyl (C=O) groups excluding carboxylic acids is 1. The quantitative estimate of drug-likeness (QED) is 0.582. The molecule has 30 heavy (non-hydrogen) atoms. The number of nitrogens with one attached hydrogen (secondary N) is 1. The molecule has 0 bridgehead atoms. The molecule has 1 amide bonds. The second kappa shape index (κ2) is 9.53. The number of likely N-dealkylation sites (tertiary alicyclic amines) is 1. The molecule has 0 aliphatic carbocycles. The van der Waals surface area contributed by atoms with Crippen molar-refractivity contribution in [3.63, 3.8) is 0 Å². The van der Waals surface area contributed by atoms with Crippen LogP contribution in [0.4, 0.5) is 0 Å². The van der Waals surface area contributed by atoms with Crippen molar-refractivity contribution in [3.8, 4) is 11.4 Å². The van der Waals surface area contributed by atoms with E-state index in [-0.39, 0.29) is 11.8 Å². The summed E-state index contributed by atoms with van der Waals surface area (Å²) < 4.78 is 6.42. The zero-order valence-corrected chi connectivity index (χ0v) is 18.6. The van der Waals surface area contributed by atoms with E-state index in [1.54, 1.807) is 0 Å². The Kier molecular flexibility index (Phi) is 6.59. The maximum absolute atomic E-state index is 12.6. The lowest BCUT2D eigenvalue weighted by Crippen LogP contribution is -2.40. The Morgan fingerprint density at radius 1 is 1.20 bits per heavy atom. The van der Waals surface area contributed by atoms with E-state index in [2.05, 4.69) is 55.3 Å². The average molecular weight is 469 g/mol. The number of aryl methyl sites for hydroxylation is 1. The molecule has 1 saturated heterocycles. The van der Waals surface area contributed by atoms with Crippen molar-refractivity contribution in [3.05, 3.63) is 70.0 Å². The van der Waals surface area contributed by atoms with Crippen LogP contribution in [0, 0.1) is 12.8 Å². The smallest absolute Gasteiger partial charge is 0.241 e.